The van der Waals surface area contributed by atoms with Crippen molar-refractivity contribution in [3.8, 4) is 11.5 Å². The zero-order valence-electron chi connectivity index (χ0n) is 20.6. The number of Topliss-reactive ketones (excluding diaryl/α,β-unsaturated/α-hetero) is 1. The molecule has 0 spiro atoms. The summed E-state index contributed by atoms with van der Waals surface area (Å²) in [5.41, 5.74) is 4.87. The quantitative estimate of drug-likeness (QED) is 0.424. The molecule has 3 aromatic rings. The van der Waals surface area contributed by atoms with Crippen LogP contribution < -0.4 is 9.47 Å². The molecular formula is C31H27NO5. The molecule has 0 bridgehead atoms. The maximum absolute atomic E-state index is 13.7. The first-order valence-electron chi connectivity index (χ1n) is 12.5. The maximum atomic E-state index is 13.7. The number of fused-ring (bicyclic) bond motifs is 1. The van der Waals surface area contributed by atoms with Crippen LogP contribution in [0.15, 0.2) is 95.1 Å². The molecule has 0 fully saturated rings. The molecule has 0 radical (unpaired) electrons. The third kappa shape index (κ3) is 4.44. The smallest absolute Gasteiger partial charge is 0.315 e. The lowest BCUT2D eigenvalue weighted by atomic mass is 9.69. The largest absolute Gasteiger partial charge is 0.460 e. The summed E-state index contributed by atoms with van der Waals surface area (Å²) in [5, 5.41) is 0. The van der Waals surface area contributed by atoms with Crippen LogP contribution in [-0.2, 0) is 20.9 Å². The van der Waals surface area contributed by atoms with Crippen LogP contribution in [-0.4, -0.2) is 24.3 Å². The average molecular weight is 494 g/mol. The number of hydrogen-bond acceptors (Lipinski definition) is 6. The van der Waals surface area contributed by atoms with E-state index in [9.17, 15) is 9.59 Å². The van der Waals surface area contributed by atoms with Gasteiger partial charge < -0.3 is 14.2 Å². The Morgan fingerprint density at radius 3 is 2.43 bits per heavy atom. The van der Waals surface area contributed by atoms with E-state index in [4.69, 9.17) is 19.2 Å². The van der Waals surface area contributed by atoms with Crippen LogP contribution in [0.25, 0.3) is 0 Å². The standard InChI is InChI=1S/C31H27NO5/c1-19-28(31(34)35-17-20-8-4-2-5-9-20)29(22-12-13-26-27(16-22)37-18-36-26)30-24(32-19)14-23(15-25(30)33)21-10-6-3-7-11-21/h2-13,16,23,28-29H,14-15,17-18H2,1H3/t23-,28?,29+/m0/s1. The van der Waals surface area contributed by atoms with Crippen LogP contribution in [0.5, 0.6) is 11.5 Å². The van der Waals surface area contributed by atoms with E-state index in [1.807, 2.05) is 73.7 Å². The van der Waals surface area contributed by atoms with Crippen LogP contribution in [0.4, 0.5) is 0 Å². The fourth-order valence-electron chi connectivity index (χ4n) is 5.61. The number of aliphatic imine (C=N–C) groups is 1. The predicted octanol–water partition coefficient (Wildman–Crippen LogP) is 5.73. The van der Waals surface area contributed by atoms with Gasteiger partial charge in [-0.2, -0.15) is 0 Å². The number of allylic oxidation sites excluding steroid dienone is 2. The number of rotatable bonds is 5. The Bertz CT molecular complexity index is 1410. The molecule has 186 valence electrons. The van der Waals surface area contributed by atoms with Gasteiger partial charge in [-0.1, -0.05) is 66.7 Å². The molecule has 3 aromatic carbocycles. The minimum atomic E-state index is -0.708. The van der Waals surface area contributed by atoms with Crippen LogP contribution >= 0.6 is 0 Å². The topological polar surface area (TPSA) is 74.2 Å². The van der Waals surface area contributed by atoms with Gasteiger partial charge in [-0.3, -0.25) is 14.6 Å². The number of carbonyl (C=O) groups is 2. The van der Waals surface area contributed by atoms with E-state index in [1.54, 1.807) is 0 Å². The highest BCUT2D eigenvalue weighted by molar-refractivity contribution is 6.09. The van der Waals surface area contributed by atoms with Crippen molar-refractivity contribution in [1.82, 2.24) is 0 Å². The summed E-state index contributed by atoms with van der Waals surface area (Å²) in [6.07, 6.45) is 1.03. The van der Waals surface area contributed by atoms with E-state index < -0.39 is 17.8 Å². The van der Waals surface area contributed by atoms with Gasteiger partial charge in [0.05, 0.1) is 0 Å². The van der Waals surface area contributed by atoms with Crippen molar-refractivity contribution in [2.24, 2.45) is 10.9 Å². The van der Waals surface area contributed by atoms with Crippen LogP contribution in [0.1, 0.15) is 48.3 Å². The lowest BCUT2D eigenvalue weighted by Gasteiger charge is -2.36. The van der Waals surface area contributed by atoms with E-state index in [1.165, 1.54) is 0 Å². The first-order valence-corrected chi connectivity index (χ1v) is 12.5. The second-order valence-corrected chi connectivity index (χ2v) is 9.71. The Morgan fingerprint density at radius 1 is 0.919 bits per heavy atom. The lowest BCUT2D eigenvalue weighted by molar-refractivity contribution is -0.148. The molecule has 3 atom stereocenters. The highest BCUT2D eigenvalue weighted by Crippen LogP contribution is 2.48. The fourth-order valence-corrected chi connectivity index (χ4v) is 5.61. The zero-order valence-corrected chi connectivity index (χ0v) is 20.6. The minimum absolute atomic E-state index is 0.0230. The molecule has 1 unspecified atom stereocenters. The van der Waals surface area contributed by atoms with Crippen molar-refractivity contribution in [3.05, 3.63) is 107 Å². The number of ether oxygens (including phenoxy) is 3. The van der Waals surface area contributed by atoms with Crippen LogP contribution in [0.3, 0.4) is 0 Å². The van der Waals surface area contributed by atoms with Gasteiger partial charge in [0.2, 0.25) is 6.79 Å². The van der Waals surface area contributed by atoms with Gasteiger partial charge in [-0.25, -0.2) is 0 Å². The van der Waals surface area contributed by atoms with Crippen molar-refractivity contribution in [1.29, 1.82) is 0 Å². The third-order valence-electron chi connectivity index (χ3n) is 7.39. The molecule has 3 aliphatic rings. The Morgan fingerprint density at radius 2 is 1.65 bits per heavy atom. The highest BCUT2D eigenvalue weighted by Gasteiger charge is 2.45. The average Bonchev–Trinajstić information content (AvgIpc) is 3.40. The molecule has 0 saturated heterocycles. The molecule has 0 amide bonds. The number of hydrogen-bond donors (Lipinski definition) is 0. The summed E-state index contributed by atoms with van der Waals surface area (Å²) in [5.74, 6) is -0.257. The van der Waals surface area contributed by atoms with Crippen LogP contribution in [0.2, 0.25) is 0 Å². The van der Waals surface area contributed by atoms with Crippen molar-refractivity contribution < 1.29 is 23.8 Å². The number of benzene rings is 3. The summed E-state index contributed by atoms with van der Waals surface area (Å²) >= 11 is 0. The molecule has 0 N–H and O–H groups in total. The van der Waals surface area contributed by atoms with Gasteiger partial charge in [0.1, 0.15) is 12.5 Å². The molecule has 2 heterocycles. The Labute approximate surface area is 215 Å². The summed E-state index contributed by atoms with van der Waals surface area (Å²) in [6, 6.07) is 25.3. The SMILES string of the molecule is CC1=NC2=C(C(=O)C[C@@H](c3ccccc3)C2)[C@H](c2ccc3c(c2)OCO3)C1C(=O)OCc1ccccc1. The molecule has 6 nitrogen and oxygen atoms in total. The van der Waals surface area contributed by atoms with Gasteiger partial charge in [-0.15, -0.1) is 0 Å². The van der Waals surface area contributed by atoms with Gasteiger partial charge in [-0.05, 0) is 48.1 Å². The first kappa shape index (κ1) is 23.2. The molecule has 0 aromatic heterocycles. The number of carbonyl (C=O) groups excluding carboxylic acids is 2. The molecule has 1 aliphatic carbocycles. The fraction of sp³-hybridized carbons (Fsp3) is 0.258. The van der Waals surface area contributed by atoms with Gasteiger partial charge in [0.15, 0.2) is 17.3 Å². The van der Waals surface area contributed by atoms with E-state index >= 15 is 0 Å². The van der Waals surface area contributed by atoms with Gasteiger partial charge in [0, 0.05) is 29.3 Å². The Hall–Kier alpha value is -4.19. The monoisotopic (exact) mass is 493 g/mol. The van der Waals surface area contributed by atoms with E-state index in [0.717, 1.165) is 22.4 Å². The van der Waals surface area contributed by atoms with E-state index in [-0.39, 0.29) is 25.1 Å². The van der Waals surface area contributed by atoms with Crippen LogP contribution in [0, 0.1) is 5.92 Å². The van der Waals surface area contributed by atoms with E-state index in [0.29, 0.717) is 35.6 Å². The summed E-state index contributed by atoms with van der Waals surface area (Å²) in [6.45, 7) is 2.17. The Kier molecular flexibility index (Phi) is 6.08. The maximum Gasteiger partial charge on any atom is 0.315 e. The van der Waals surface area contributed by atoms with E-state index in [2.05, 4.69) is 12.1 Å². The summed E-state index contributed by atoms with van der Waals surface area (Å²) in [4.78, 5) is 32.2. The van der Waals surface area contributed by atoms with Gasteiger partial charge in [0.25, 0.3) is 0 Å². The molecular weight excluding hydrogens is 466 g/mol. The normalized spacial score (nSPS) is 22.4. The Balaban J connectivity index is 1.38. The summed E-state index contributed by atoms with van der Waals surface area (Å²) in [7, 11) is 0. The number of nitrogens with zero attached hydrogens (tertiary/aromatic N) is 1. The van der Waals surface area contributed by atoms with Crippen molar-refractivity contribution in [2.75, 3.05) is 6.79 Å². The van der Waals surface area contributed by atoms with Crippen molar-refractivity contribution in [2.45, 2.75) is 38.2 Å². The first-order chi connectivity index (χ1) is 18.1. The zero-order chi connectivity index (χ0) is 25.4. The second-order valence-electron chi connectivity index (χ2n) is 9.71. The van der Waals surface area contributed by atoms with Crippen molar-refractivity contribution in [3.63, 3.8) is 0 Å². The minimum Gasteiger partial charge on any atom is -0.460 e. The predicted molar refractivity (Wildman–Crippen MR) is 139 cm³/mol. The molecule has 2 aliphatic heterocycles. The third-order valence-corrected chi connectivity index (χ3v) is 7.39. The lowest BCUT2D eigenvalue weighted by Crippen LogP contribution is -2.38. The number of esters is 1. The molecule has 6 heteroatoms. The van der Waals surface area contributed by atoms with Gasteiger partial charge >= 0.3 is 5.97 Å². The summed E-state index contributed by atoms with van der Waals surface area (Å²) < 4.78 is 16.9. The van der Waals surface area contributed by atoms with Crippen molar-refractivity contribution >= 4 is 17.5 Å². The molecule has 6 rings (SSSR count). The second kappa shape index (κ2) is 9.69. The number of ketones is 1. The highest BCUT2D eigenvalue weighted by atomic mass is 16.7. The molecule has 37 heavy (non-hydrogen) atoms. The molecule has 0 saturated carbocycles.